The summed E-state index contributed by atoms with van der Waals surface area (Å²) in [5.41, 5.74) is 1.43. The van der Waals surface area contributed by atoms with Crippen LogP contribution in [0.15, 0.2) is 48.5 Å². The lowest BCUT2D eigenvalue weighted by Crippen LogP contribution is -2.57. The van der Waals surface area contributed by atoms with Crippen LogP contribution in [0.4, 0.5) is 4.79 Å². The lowest BCUT2D eigenvalue weighted by Gasteiger charge is -2.30. The third-order valence-corrected chi connectivity index (χ3v) is 4.22. The second-order valence-corrected chi connectivity index (χ2v) is 5.97. The van der Waals surface area contributed by atoms with Crippen LogP contribution in [0.25, 0.3) is 0 Å². The Bertz CT molecular complexity index is 850. The highest BCUT2D eigenvalue weighted by Crippen LogP contribution is 2.28. The molecule has 4 amide bonds. The molecule has 0 saturated carbocycles. The fraction of sp³-hybridized carbons (Fsp3) is 0.211. The van der Waals surface area contributed by atoms with Gasteiger partial charge in [0.2, 0.25) is 11.8 Å². The third kappa shape index (κ3) is 3.51. The van der Waals surface area contributed by atoms with E-state index >= 15 is 0 Å². The van der Waals surface area contributed by atoms with E-state index in [9.17, 15) is 19.5 Å². The van der Waals surface area contributed by atoms with Crippen molar-refractivity contribution in [2.75, 3.05) is 7.11 Å². The number of benzene rings is 2. The fourth-order valence-electron chi connectivity index (χ4n) is 2.84. The van der Waals surface area contributed by atoms with Gasteiger partial charge in [0.1, 0.15) is 5.92 Å². The van der Waals surface area contributed by atoms with Gasteiger partial charge in [-0.1, -0.05) is 36.4 Å². The van der Waals surface area contributed by atoms with Crippen LogP contribution in [0.3, 0.4) is 0 Å². The van der Waals surface area contributed by atoms with Crippen LogP contribution in [0.1, 0.15) is 11.1 Å². The summed E-state index contributed by atoms with van der Waals surface area (Å²) in [7, 11) is 1.41. The number of aromatic hydroxyl groups is 1. The van der Waals surface area contributed by atoms with Gasteiger partial charge in [0, 0.05) is 0 Å². The lowest BCUT2D eigenvalue weighted by atomic mass is 9.95. The number of carbonyl (C=O) groups is 3. The molecule has 7 heteroatoms. The highest BCUT2D eigenvalue weighted by Gasteiger charge is 2.40. The topological polar surface area (TPSA) is 95.9 Å². The van der Waals surface area contributed by atoms with Gasteiger partial charge >= 0.3 is 6.03 Å². The monoisotopic (exact) mass is 354 g/mol. The molecule has 0 radical (unpaired) electrons. The Morgan fingerprint density at radius 1 is 1.08 bits per heavy atom. The van der Waals surface area contributed by atoms with E-state index in [-0.39, 0.29) is 24.5 Å². The quantitative estimate of drug-likeness (QED) is 0.799. The van der Waals surface area contributed by atoms with E-state index in [4.69, 9.17) is 4.74 Å². The Labute approximate surface area is 150 Å². The fourth-order valence-corrected chi connectivity index (χ4v) is 2.84. The van der Waals surface area contributed by atoms with Crippen molar-refractivity contribution in [3.63, 3.8) is 0 Å². The SMILES string of the molecule is COc1cc(C[C@@H]2C(=O)NC(=O)N(Cc3ccccc3)C2=O)ccc1O. The Morgan fingerprint density at radius 2 is 1.81 bits per heavy atom. The Hall–Kier alpha value is -3.35. The van der Waals surface area contributed by atoms with E-state index < -0.39 is 23.8 Å². The van der Waals surface area contributed by atoms with Crippen molar-refractivity contribution in [2.24, 2.45) is 5.92 Å². The van der Waals surface area contributed by atoms with E-state index in [0.717, 1.165) is 10.5 Å². The van der Waals surface area contributed by atoms with Crippen LogP contribution in [0.5, 0.6) is 11.5 Å². The molecule has 1 heterocycles. The molecule has 1 aliphatic heterocycles. The molecule has 134 valence electrons. The van der Waals surface area contributed by atoms with Gasteiger partial charge in [0.15, 0.2) is 11.5 Å². The van der Waals surface area contributed by atoms with Gasteiger partial charge < -0.3 is 9.84 Å². The number of hydrogen-bond donors (Lipinski definition) is 2. The minimum atomic E-state index is -1.02. The molecule has 2 N–H and O–H groups in total. The average molecular weight is 354 g/mol. The van der Waals surface area contributed by atoms with Crippen LogP contribution in [0, 0.1) is 5.92 Å². The summed E-state index contributed by atoms with van der Waals surface area (Å²) in [6.07, 6.45) is 0.0971. The van der Waals surface area contributed by atoms with E-state index in [0.29, 0.717) is 5.56 Å². The van der Waals surface area contributed by atoms with Gasteiger partial charge in [0.05, 0.1) is 13.7 Å². The molecule has 1 fully saturated rings. The normalized spacial score (nSPS) is 17.2. The maximum atomic E-state index is 12.7. The summed E-state index contributed by atoms with van der Waals surface area (Å²) in [5.74, 6) is -1.98. The van der Waals surface area contributed by atoms with Gasteiger partial charge in [-0.3, -0.25) is 19.8 Å². The van der Waals surface area contributed by atoms with Crippen molar-refractivity contribution < 1.29 is 24.2 Å². The average Bonchev–Trinajstić information content (AvgIpc) is 2.64. The summed E-state index contributed by atoms with van der Waals surface area (Å²) < 4.78 is 5.05. The first-order valence-electron chi connectivity index (χ1n) is 8.05. The van der Waals surface area contributed by atoms with Gasteiger partial charge in [0.25, 0.3) is 0 Å². The number of methoxy groups -OCH3 is 1. The first-order chi connectivity index (χ1) is 12.5. The highest BCUT2D eigenvalue weighted by molar-refractivity contribution is 6.16. The second-order valence-electron chi connectivity index (χ2n) is 5.97. The first kappa shape index (κ1) is 17.5. The summed E-state index contributed by atoms with van der Waals surface area (Å²) in [6.45, 7) is 0.0915. The highest BCUT2D eigenvalue weighted by atomic mass is 16.5. The predicted octanol–water partition coefficient (Wildman–Crippen LogP) is 1.84. The third-order valence-electron chi connectivity index (χ3n) is 4.22. The molecule has 0 bridgehead atoms. The molecule has 2 aromatic rings. The molecule has 2 aromatic carbocycles. The number of phenolic OH excluding ortho intramolecular Hbond substituents is 1. The van der Waals surface area contributed by atoms with Gasteiger partial charge in [-0.2, -0.15) is 0 Å². The number of rotatable bonds is 5. The smallest absolute Gasteiger partial charge is 0.331 e. The van der Waals surface area contributed by atoms with Gasteiger partial charge in [-0.15, -0.1) is 0 Å². The molecule has 3 rings (SSSR count). The Balaban J connectivity index is 1.81. The van der Waals surface area contributed by atoms with Gasteiger partial charge in [-0.05, 0) is 29.7 Å². The standard InChI is InChI=1S/C19H18N2O5/c1-26-16-10-13(7-8-15(16)22)9-14-17(23)20-19(25)21(18(14)24)11-12-5-3-2-4-6-12/h2-8,10,14,22H,9,11H2,1H3,(H,20,23,25)/t14-/m1/s1. The zero-order valence-electron chi connectivity index (χ0n) is 14.1. The van der Waals surface area contributed by atoms with Crippen molar-refractivity contribution >= 4 is 17.8 Å². The van der Waals surface area contributed by atoms with Crippen LogP contribution < -0.4 is 10.1 Å². The molecule has 7 nitrogen and oxygen atoms in total. The zero-order valence-corrected chi connectivity index (χ0v) is 14.1. The minimum absolute atomic E-state index is 0.0310. The maximum absolute atomic E-state index is 12.7. The van der Waals surface area contributed by atoms with Crippen LogP contribution >= 0.6 is 0 Å². The molecule has 26 heavy (non-hydrogen) atoms. The molecular weight excluding hydrogens is 336 g/mol. The summed E-state index contributed by atoms with van der Waals surface area (Å²) >= 11 is 0. The van der Waals surface area contributed by atoms with Crippen molar-refractivity contribution in [3.05, 3.63) is 59.7 Å². The number of carbonyl (C=O) groups excluding carboxylic acids is 3. The summed E-state index contributed by atoms with van der Waals surface area (Å²) in [6, 6.07) is 13.0. The predicted molar refractivity (Wildman–Crippen MR) is 92.4 cm³/mol. The van der Waals surface area contributed by atoms with E-state index in [1.807, 2.05) is 18.2 Å². The molecule has 0 unspecified atom stereocenters. The number of hydrogen-bond acceptors (Lipinski definition) is 5. The van der Waals surface area contributed by atoms with Gasteiger partial charge in [-0.25, -0.2) is 4.79 Å². The largest absolute Gasteiger partial charge is 0.504 e. The molecule has 1 aliphatic rings. The molecule has 1 saturated heterocycles. The van der Waals surface area contributed by atoms with Crippen LogP contribution in [-0.2, 0) is 22.6 Å². The number of nitrogens with one attached hydrogen (secondary N) is 1. The maximum Gasteiger partial charge on any atom is 0.331 e. The molecule has 1 atom stereocenters. The zero-order chi connectivity index (χ0) is 18.7. The van der Waals surface area contributed by atoms with Crippen molar-refractivity contribution in [2.45, 2.75) is 13.0 Å². The van der Waals surface area contributed by atoms with E-state index in [2.05, 4.69) is 5.32 Å². The number of imide groups is 2. The molecule has 0 spiro atoms. The number of urea groups is 1. The van der Waals surface area contributed by atoms with Crippen molar-refractivity contribution in [3.8, 4) is 11.5 Å². The first-order valence-corrected chi connectivity index (χ1v) is 8.05. The molecule has 0 aromatic heterocycles. The van der Waals surface area contributed by atoms with Crippen molar-refractivity contribution in [1.82, 2.24) is 10.2 Å². The number of amides is 4. The minimum Gasteiger partial charge on any atom is -0.504 e. The second kappa shape index (κ2) is 7.26. The summed E-state index contributed by atoms with van der Waals surface area (Å²) in [4.78, 5) is 38.0. The lowest BCUT2D eigenvalue weighted by molar-refractivity contribution is -0.142. The van der Waals surface area contributed by atoms with E-state index in [1.165, 1.54) is 13.2 Å². The summed E-state index contributed by atoms with van der Waals surface area (Å²) in [5, 5.41) is 11.9. The van der Waals surface area contributed by atoms with E-state index in [1.54, 1.807) is 24.3 Å². The Morgan fingerprint density at radius 3 is 2.50 bits per heavy atom. The number of phenols is 1. The molecule has 0 aliphatic carbocycles. The number of barbiturate groups is 1. The Kier molecular flexibility index (Phi) is 4.88. The number of ether oxygens (including phenoxy) is 1. The number of nitrogens with zero attached hydrogens (tertiary/aromatic N) is 1. The van der Waals surface area contributed by atoms with Crippen molar-refractivity contribution in [1.29, 1.82) is 0 Å². The molecular formula is C19H18N2O5. The van der Waals surface area contributed by atoms with Crippen LogP contribution in [-0.4, -0.2) is 35.0 Å². The van der Waals surface area contributed by atoms with Crippen LogP contribution in [0.2, 0.25) is 0 Å².